The minimum Gasteiger partial charge on any atom is -0.352 e. The molecule has 0 aromatic heterocycles. The van der Waals surface area contributed by atoms with Gasteiger partial charge in [0.15, 0.2) is 0 Å². The number of benzene rings is 1. The summed E-state index contributed by atoms with van der Waals surface area (Å²) in [4.78, 5) is 12.8. The normalized spacial score (nSPS) is 16.3. The molecule has 0 atom stereocenters. The van der Waals surface area contributed by atoms with Crippen molar-refractivity contribution < 1.29 is 4.79 Å². The van der Waals surface area contributed by atoms with Gasteiger partial charge >= 0.3 is 0 Å². The summed E-state index contributed by atoms with van der Waals surface area (Å²) in [6, 6.07) is 5.20. The molecule has 0 spiro atoms. The van der Waals surface area contributed by atoms with E-state index in [0.29, 0.717) is 10.6 Å². The van der Waals surface area contributed by atoms with Crippen molar-refractivity contribution in [2.24, 2.45) is 5.92 Å². The summed E-state index contributed by atoms with van der Waals surface area (Å²) in [6.45, 7) is 0.733. The zero-order chi connectivity index (χ0) is 13.7. The third-order valence-electron chi connectivity index (χ3n) is 3.76. The molecular formula is C15H20ClNOS. The standard InChI is InChI=1S/C15H20ClNOS/c16-14-7-6-12(19)10-13(14)15(18)17-9-8-11-4-2-1-3-5-11/h6-7,10-11,19H,1-5,8-9H2,(H,17,18). The van der Waals surface area contributed by atoms with Gasteiger partial charge in [-0.05, 0) is 30.5 Å². The van der Waals surface area contributed by atoms with Gasteiger partial charge in [0, 0.05) is 11.4 Å². The van der Waals surface area contributed by atoms with Gasteiger partial charge in [0.1, 0.15) is 0 Å². The van der Waals surface area contributed by atoms with Gasteiger partial charge in [-0.1, -0.05) is 43.7 Å². The summed E-state index contributed by atoms with van der Waals surface area (Å²) in [5, 5.41) is 3.44. The first-order valence-corrected chi connectivity index (χ1v) is 7.76. The van der Waals surface area contributed by atoms with Gasteiger partial charge in [0.25, 0.3) is 5.91 Å². The maximum Gasteiger partial charge on any atom is 0.252 e. The third kappa shape index (κ3) is 4.43. The van der Waals surface area contributed by atoms with Gasteiger partial charge in [-0.2, -0.15) is 0 Å². The molecule has 2 nitrogen and oxygen atoms in total. The van der Waals surface area contributed by atoms with Crippen LogP contribution < -0.4 is 5.32 Å². The molecule has 0 radical (unpaired) electrons. The van der Waals surface area contributed by atoms with E-state index in [0.717, 1.165) is 23.8 Å². The molecule has 1 aromatic rings. The summed E-state index contributed by atoms with van der Waals surface area (Å²) in [6.07, 6.45) is 7.74. The number of hydrogen-bond donors (Lipinski definition) is 2. The van der Waals surface area contributed by atoms with E-state index in [4.69, 9.17) is 11.6 Å². The van der Waals surface area contributed by atoms with E-state index < -0.39 is 0 Å². The number of carbonyl (C=O) groups excluding carboxylic acids is 1. The quantitative estimate of drug-likeness (QED) is 0.796. The Balaban J connectivity index is 1.82. The Morgan fingerprint density at radius 1 is 1.32 bits per heavy atom. The highest BCUT2D eigenvalue weighted by atomic mass is 35.5. The summed E-state index contributed by atoms with van der Waals surface area (Å²) < 4.78 is 0. The highest BCUT2D eigenvalue weighted by Crippen LogP contribution is 2.26. The van der Waals surface area contributed by atoms with Gasteiger partial charge in [0.2, 0.25) is 0 Å². The molecule has 4 heteroatoms. The van der Waals surface area contributed by atoms with Crippen LogP contribution in [0.5, 0.6) is 0 Å². The fourth-order valence-electron chi connectivity index (χ4n) is 2.65. The van der Waals surface area contributed by atoms with Crippen molar-refractivity contribution in [3.63, 3.8) is 0 Å². The molecule has 1 N–H and O–H groups in total. The predicted molar refractivity (Wildman–Crippen MR) is 82.2 cm³/mol. The van der Waals surface area contributed by atoms with Crippen molar-refractivity contribution in [1.29, 1.82) is 0 Å². The zero-order valence-corrected chi connectivity index (χ0v) is 12.6. The van der Waals surface area contributed by atoms with Crippen LogP contribution in [0.4, 0.5) is 0 Å². The lowest BCUT2D eigenvalue weighted by molar-refractivity contribution is 0.0950. The fraction of sp³-hybridized carbons (Fsp3) is 0.533. The summed E-state index contributed by atoms with van der Waals surface area (Å²) in [5.41, 5.74) is 0.512. The number of nitrogens with one attached hydrogen (secondary N) is 1. The number of thiol groups is 1. The van der Waals surface area contributed by atoms with Gasteiger partial charge in [-0.25, -0.2) is 0 Å². The minimum absolute atomic E-state index is 0.100. The Morgan fingerprint density at radius 2 is 2.05 bits per heavy atom. The van der Waals surface area contributed by atoms with Crippen LogP contribution >= 0.6 is 24.2 Å². The van der Waals surface area contributed by atoms with Crippen LogP contribution in [0.1, 0.15) is 48.9 Å². The lowest BCUT2D eigenvalue weighted by Crippen LogP contribution is -2.26. The van der Waals surface area contributed by atoms with Crippen LogP contribution in [0, 0.1) is 5.92 Å². The van der Waals surface area contributed by atoms with E-state index in [1.165, 1.54) is 32.1 Å². The Hall–Kier alpha value is -0.670. The molecule has 0 heterocycles. The molecule has 0 aliphatic heterocycles. The zero-order valence-electron chi connectivity index (χ0n) is 11.0. The summed E-state index contributed by atoms with van der Waals surface area (Å²) >= 11 is 10.3. The second-order valence-electron chi connectivity index (χ2n) is 5.21. The van der Waals surface area contributed by atoms with Crippen molar-refractivity contribution in [1.82, 2.24) is 5.32 Å². The number of halogens is 1. The van der Waals surface area contributed by atoms with Gasteiger partial charge < -0.3 is 5.32 Å². The summed E-state index contributed by atoms with van der Waals surface area (Å²) in [7, 11) is 0. The lowest BCUT2D eigenvalue weighted by Gasteiger charge is -2.21. The van der Waals surface area contributed by atoms with Crippen molar-refractivity contribution in [3.05, 3.63) is 28.8 Å². The van der Waals surface area contributed by atoms with Crippen molar-refractivity contribution >= 4 is 30.1 Å². The smallest absolute Gasteiger partial charge is 0.252 e. The van der Waals surface area contributed by atoms with Crippen LogP contribution in [-0.4, -0.2) is 12.5 Å². The Kier molecular flexibility index (Phi) is 5.59. The average molecular weight is 298 g/mol. The third-order valence-corrected chi connectivity index (χ3v) is 4.37. The van der Waals surface area contributed by atoms with Crippen LogP contribution in [0.25, 0.3) is 0 Å². The van der Waals surface area contributed by atoms with Crippen LogP contribution in [0.3, 0.4) is 0 Å². The molecule has 104 valence electrons. The minimum atomic E-state index is -0.100. The number of hydrogen-bond acceptors (Lipinski definition) is 2. The molecule has 1 aliphatic carbocycles. The topological polar surface area (TPSA) is 29.1 Å². The van der Waals surface area contributed by atoms with E-state index in [9.17, 15) is 4.79 Å². The monoisotopic (exact) mass is 297 g/mol. The van der Waals surface area contributed by atoms with E-state index in [-0.39, 0.29) is 5.91 Å². The van der Waals surface area contributed by atoms with Gasteiger partial charge in [-0.3, -0.25) is 4.79 Å². The fourth-order valence-corrected chi connectivity index (χ4v) is 3.06. The van der Waals surface area contributed by atoms with Crippen molar-refractivity contribution in [3.8, 4) is 0 Å². The molecule has 1 fully saturated rings. The number of rotatable bonds is 4. The number of carbonyl (C=O) groups is 1. The second kappa shape index (κ2) is 7.20. The van der Waals surface area contributed by atoms with E-state index >= 15 is 0 Å². The Bertz CT molecular complexity index is 444. The molecule has 2 rings (SSSR count). The SMILES string of the molecule is O=C(NCCC1CCCCC1)c1cc(S)ccc1Cl. The van der Waals surface area contributed by atoms with E-state index in [1.807, 2.05) is 0 Å². The molecule has 0 saturated heterocycles. The Labute approximate surface area is 125 Å². The van der Waals surface area contributed by atoms with E-state index in [1.54, 1.807) is 18.2 Å². The van der Waals surface area contributed by atoms with Crippen molar-refractivity contribution in [2.45, 2.75) is 43.4 Å². The maximum absolute atomic E-state index is 12.0. The largest absolute Gasteiger partial charge is 0.352 e. The first-order valence-electron chi connectivity index (χ1n) is 6.93. The second-order valence-corrected chi connectivity index (χ2v) is 6.14. The van der Waals surface area contributed by atoms with Crippen LogP contribution in [0.2, 0.25) is 5.02 Å². The predicted octanol–water partition coefficient (Wildman–Crippen LogP) is 4.33. The molecule has 1 amide bonds. The molecule has 0 unspecified atom stereocenters. The van der Waals surface area contributed by atoms with Crippen LogP contribution in [0.15, 0.2) is 23.1 Å². The molecule has 0 bridgehead atoms. The van der Waals surface area contributed by atoms with E-state index in [2.05, 4.69) is 17.9 Å². The van der Waals surface area contributed by atoms with Gasteiger partial charge in [0.05, 0.1) is 10.6 Å². The molecule has 1 aliphatic rings. The van der Waals surface area contributed by atoms with Crippen LogP contribution in [-0.2, 0) is 0 Å². The number of amides is 1. The maximum atomic E-state index is 12.0. The van der Waals surface area contributed by atoms with Crippen molar-refractivity contribution in [2.75, 3.05) is 6.54 Å². The highest BCUT2D eigenvalue weighted by Gasteiger charge is 2.14. The molecule has 1 aromatic carbocycles. The summed E-state index contributed by atoms with van der Waals surface area (Å²) in [5.74, 6) is 0.678. The average Bonchev–Trinajstić information content (AvgIpc) is 2.42. The Morgan fingerprint density at radius 3 is 2.79 bits per heavy atom. The molecular weight excluding hydrogens is 278 g/mol. The lowest BCUT2D eigenvalue weighted by atomic mass is 9.87. The first-order chi connectivity index (χ1) is 9.16. The molecule has 19 heavy (non-hydrogen) atoms. The van der Waals surface area contributed by atoms with Gasteiger partial charge in [-0.15, -0.1) is 12.6 Å². The molecule has 1 saturated carbocycles. The first kappa shape index (κ1) is 14.7. The highest BCUT2D eigenvalue weighted by molar-refractivity contribution is 7.80.